The monoisotopic (exact) mass is 388 g/mol. The third-order valence-corrected chi connectivity index (χ3v) is 4.56. The molecule has 1 aromatic carbocycles. The van der Waals surface area contributed by atoms with Crippen molar-refractivity contribution in [2.24, 2.45) is 10.1 Å². The van der Waals surface area contributed by atoms with E-state index in [-0.39, 0.29) is 11.6 Å². The van der Waals surface area contributed by atoms with Crippen LogP contribution in [-0.2, 0) is 0 Å². The normalized spacial score (nSPS) is 11.9. The van der Waals surface area contributed by atoms with Crippen LogP contribution < -0.4 is 14.3 Å². The average molecular weight is 388 g/mol. The molecule has 0 saturated heterocycles. The summed E-state index contributed by atoms with van der Waals surface area (Å²) in [7, 11) is 4.82. The van der Waals surface area contributed by atoms with E-state index in [1.54, 1.807) is 32.0 Å². The molecule has 0 amide bonds. The molecule has 2 heterocycles. The van der Waals surface area contributed by atoms with Crippen molar-refractivity contribution in [3.63, 3.8) is 0 Å². The highest BCUT2D eigenvalue weighted by molar-refractivity contribution is 7.07. The first-order chi connectivity index (χ1) is 13.1. The first-order valence-corrected chi connectivity index (χ1v) is 8.59. The van der Waals surface area contributed by atoms with Gasteiger partial charge in [0.1, 0.15) is 16.4 Å². The van der Waals surface area contributed by atoms with Crippen molar-refractivity contribution >= 4 is 23.4 Å². The highest BCUT2D eigenvalue weighted by Gasteiger charge is 2.14. The summed E-state index contributed by atoms with van der Waals surface area (Å²) in [6, 6.07) is 8.22. The number of methoxy groups -OCH3 is 2. The molecule has 0 atom stereocenters. The van der Waals surface area contributed by atoms with Gasteiger partial charge in [0.15, 0.2) is 5.76 Å². The fourth-order valence-corrected chi connectivity index (χ4v) is 3.18. The van der Waals surface area contributed by atoms with E-state index in [2.05, 4.69) is 10.1 Å². The smallest absolute Gasteiger partial charge is 0.433 e. The first kappa shape index (κ1) is 18.4. The van der Waals surface area contributed by atoms with Crippen molar-refractivity contribution in [1.29, 1.82) is 0 Å². The number of ether oxygens (including phenoxy) is 2. The van der Waals surface area contributed by atoms with Gasteiger partial charge in [-0.15, -0.1) is 11.3 Å². The Kier molecular flexibility index (Phi) is 5.36. The molecular formula is C17H16N4O5S. The summed E-state index contributed by atoms with van der Waals surface area (Å²) in [6.07, 6.45) is 1.40. The minimum atomic E-state index is -0.602. The lowest BCUT2D eigenvalue weighted by molar-refractivity contribution is -0.402. The van der Waals surface area contributed by atoms with Gasteiger partial charge >= 0.3 is 5.88 Å². The minimum absolute atomic E-state index is 0.259. The van der Waals surface area contributed by atoms with Crippen molar-refractivity contribution in [3.8, 4) is 22.8 Å². The number of rotatable bonds is 6. The van der Waals surface area contributed by atoms with Crippen molar-refractivity contribution < 1.29 is 18.8 Å². The zero-order chi connectivity index (χ0) is 19.4. The molecule has 0 spiro atoms. The van der Waals surface area contributed by atoms with Gasteiger partial charge in [-0.05, 0) is 18.2 Å². The molecule has 0 radical (unpaired) electrons. The molecule has 0 saturated carbocycles. The van der Waals surface area contributed by atoms with Crippen LogP contribution in [0.15, 0.2) is 50.2 Å². The van der Waals surface area contributed by atoms with Crippen LogP contribution in [0.5, 0.6) is 11.5 Å². The van der Waals surface area contributed by atoms with E-state index in [0.717, 1.165) is 11.3 Å². The minimum Gasteiger partial charge on any atom is -0.497 e. The number of benzene rings is 1. The number of aromatic nitrogens is 1. The lowest BCUT2D eigenvalue weighted by Crippen LogP contribution is -2.11. The molecule has 10 heteroatoms. The molecule has 0 aliphatic heterocycles. The molecule has 27 heavy (non-hydrogen) atoms. The molecule has 2 aromatic heterocycles. The zero-order valence-electron chi connectivity index (χ0n) is 14.8. The molecule has 9 nitrogen and oxygen atoms in total. The van der Waals surface area contributed by atoms with Gasteiger partial charge in [0.05, 0.1) is 32.2 Å². The van der Waals surface area contributed by atoms with E-state index in [9.17, 15) is 10.1 Å². The van der Waals surface area contributed by atoms with Gasteiger partial charge in [0.25, 0.3) is 0 Å². The third-order valence-electron chi connectivity index (χ3n) is 3.65. The van der Waals surface area contributed by atoms with E-state index in [1.165, 1.54) is 29.7 Å². The summed E-state index contributed by atoms with van der Waals surface area (Å²) in [6.45, 7) is 0. The highest BCUT2D eigenvalue weighted by Crippen LogP contribution is 2.33. The summed E-state index contributed by atoms with van der Waals surface area (Å²) in [4.78, 5) is 15.0. The second-order valence-corrected chi connectivity index (χ2v) is 6.02. The number of hydrogen-bond acceptors (Lipinski definition) is 8. The summed E-state index contributed by atoms with van der Waals surface area (Å²) in [5.41, 5.74) is 1.55. The number of nitro groups is 1. The van der Waals surface area contributed by atoms with Crippen molar-refractivity contribution in [2.45, 2.75) is 0 Å². The topological polar surface area (TPSA) is 104 Å². The SMILES string of the molecule is CN=c1scc(-c2ccc(OC)cc2OC)n1N=Cc1ccc([N+](=O)[O-])o1. The van der Waals surface area contributed by atoms with Crippen LogP contribution in [0.3, 0.4) is 0 Å². The molecule has 0 unspecified atom stereocenters. The van der Waals surface area contributed by atoms with E-state index >= 15 is 0 Å². The van der Waals surface area contributed by atoms with Crippen molar-refractivity contribution in [2.75, 3.05) is 21.3 Å². The van der Waals surface area contributed by atoms with Crippen LogP contribution in [0, 0.1) is 10.1 Å². The van der Waals surface area contributed by atoms with Gasteiger partial charge in [-0.25, -0.2) is 4.68 Å². The second kappa shape index (κ2) is 7.87. The third kappa shape index (κ3) is 3.75. The van der Waals surface area contributed by atoms with Crippen LogP contribution in [0.1, 0.15) is 5.76 Å². The fraction of sp³-hybridized carbons (Fsp3) is 0.176. The number of nitrogens with zero attached hydrogens (tertiary/aromatic N) is 4. The lowest BCUT2D eigenvalue weighted by atomic mass is 10.1. The molecule has 0 aliphatic carbocycles. The Labute approximate surface area is 158 Å². The molecular weight excluding hydrogens is 372 g/mol. The highest BCUT2D eigenvalue weighted by atomic mass is 32.1. The Bertz CT molecular complexity index is 1060. The number of thiazole rings is 1. The lowest BCUT2D eigenvalue weighted by Gasteiger charge is -2.10. The molecule has 140 valence electrons. The Morgan fingerprint density at radius 3 is 2.70 bits per heavy atom. The predicted molar refractivity (Wildman–Crippen MR) is 101 cm³/mol. The van der Waals surface area contributed by atoms with E-state index < -0.39 is 4.92 Å². The molecule has 3 rings (SSSR count). The maximum Gasteiger partial charge on any atom is 0.433 e. The van der Waals surface area contributed by atoms with Crippen LogP contribution in [0.4, 0.5) is 5.88 Å². The zero-order valence-corrected chi connectivity index (χ0v) is 15.6. The Morgan fingerprint density at radius 2 is 2.07 bits per heavy atom. The van der Waals surface area contributed by atoms with E-state index in [0.29, 0.717) is 16.3 Å². The number of hydrogen-bond donors (Lipinski definition) is 0. The fourth-order valence-electron chi connectivity index (χ4n) is 2.38. The summed E-state index contributed by atoms with van der Waals surface area (Å²) in [5, 5.41) is 17.0. The van der Waals surface area contributed by atoms with Gasteiger partial charge in [-0.2, -0.15) is 5.10 Å². The summed E-state index contributed by atoms with van der Waals surface area (Å²) < 4.78 is 17.4. The molecule has 3 aromatic rings. The van der Waals surface area contributed by atoms with Crippen molar-refractivity contribution in [1.82, 2.24) is 4.68 Å². The van der Waals surface area contributed by atoms with Gasteiger partial charge < -0.3 is 13.9 Å². The second-order valence-electron chi connectivity index (χ2n) is 5.18. The standard InChI is InChI=1S/C17H16N4O5S/c1-18-17-20(19-9-12-5-7-16(26-12)21(22)23)14(10-27-17)13-6-4-11(24-2)8-15(13)25-3/h4-10H,1-3H3. The summed E-state index contributed by atoms with van der Waals surface area (Å²) >= 11 is 1.40. The first-order valence-electron chi connectivity index (χ1n) is 7.71. The van der Waals surface area contributed by atoms with E-state index in [1.807, 2.05) is 17.5 Å². The molecule has 0 aliphatic rings. The average Bonchev–Trinajstić information content (AvgIpc) is 3.32. The quantitative estimate of drug-likeness (QED) is 0.366. The Balaban J connectivity index is 2.05. The van der Waals surface area contributed by atoms with Crippen molar-refractivity contribution in [3.05, 3.63) is 56.4 Å². The Morgan fingerprint density at radius 1 is 1.26 bits per heavy atom. The van der Waals surface area contributed by atoms with Gasteiger partial charge in [0, 0.05) is 24.1 Å². The largest absolute Gasteiger partial charge is 0.497 e. The van der Waals surface area contributed by atoms with Crippen LogP contribution in [-0.4, -0.2) is 37.1 Å². The predicted octanol–water partition coefficient (Wildman–Crippen LogP) is 3.15. The van der Waals surface area contributed by atoms with E-state index in [4.69, 9.17) is 13.9 Å². The summed E-state index contributed by atoms with van der Waals surface area (Å²) in [5.74, 6) is 1.20. The van der Waals surface area contributed by atoms with Gasteiger partial charge in [-0.3, -0.25) is 15.1 Å². The Hall–Kier alpha value is -3.40. The van der Waals surface area contributed by atoms with Crippen LogP contribution >= 0.6 is 11.3 Å². The van der Waals surface area contributed by atoms with Crippen LogP contribution in [0.25, 0.3) is 11.3 Å². The molecule has 0 bridgehead atoms. The van der Waals surface area contributed by atoms with Crippen LogP contribution in [0.2, 0.25) is 0 Å². The maximum absolute atomic E-state index is 10.7. The molecule has 0 fully saturated rings. The van der Waals surface area contributed by atoms with Gasteiger partial charge in [0.2, 0.25) is 4.80 Å². The number of furan rings is 1. The van der Waals surface area contributed by atoms with Gasteiger partial charge in [-0.1, -0.05) is 0 Å². The maximum atomic E-state index is 10.7. The molecule has 0 N–H and O–H groups in total.